The van der Waals surface area contributed by atoms with Crippen molar-refractivity contribution >= 4 is 33.4 Å². The Kier molecular flexibility index (Phi) is 23.4. The van der Waals surface area contributed by atoms with Crippen molar-refractivity contribution in [3.05, 3.63) is 132 Å². The Balaban J connectivity index is 0.000000244. The number of aryl methyl sites for hydroxylation is 2. The Morgan fingerprint density at radius 2 is 1.10 bits per heavy atom. The fraction of sp³-hybridized carbons (Fsp3) is 0.448. The normalized spacial score (nSPS) is 14.7. The number of halogens is 1. The van der Waals surface area contributed by atoms with Gasteiger partial charge in [0.2, 0.25) is 0 Å². The molecule has 0 atom stereocenters. The first-order valence-electron chi connectivity index (χ1n) is 24.4. The third kappa shape index (κ3) is 17.3. The van der Waals surface area contributed by atoms with Crippen LogP contribution in [0.4, 0.5) is 0 Å². The van der Waals surface area contributed by atoms with E-state index < -0.39 is 0 Å². The van der Waals surface area contributed by atoms with Gasteiger partial charge in [-0.3, -0.25) is 19.6 Å². The number of ether oxygens (including phenoxy) is 1. The SMILES string of the molecule is C#CCN(C)Cc1cc2cc(O)ccc2n1C.C#CCN(C)Cc1cc2cc(OCCCC3CCN(Cc4ccccc4)CC3)ccc2n1C.ClCCCC1CCN(Cc2ccccc2)CC1.[H-].[Na+]. The van der Waals surface area contributed by atoms with Crippen molar-refractivity contribution in [2.75, 3.05) is 65.9 Å². The van der Waals surface area contributed by atoms with Crippen molar-refractivity contribution in [3.8, 4) is 36.2 Å². The first-order chi connectivity index (χ1) is 32.6. The maximum absolute atomic E-state index is 9.45. The van der Waals surface area contributed by atoms with Crippen molar-refractivity contribution < 1.29 is 40.8 Å². The fourth-order valence-corrected chi connectivity index (χ4v) is 9.78. The summed E-state index contributed by atoms with van der Waals surface area (Å²) in [7, 11) is 8.19. The Bertz CT molecular complexity index is 2470. The Morgan fingerprint density at radius 3 is 1.57 bits per heavy atom. The van der Waals surface area contributed by atoms with Crippen LogP contribution in [0, 0.1) is 36.5 Å². The van der Waals surface area contributed by atoms with Gasteiger partial charge in [-0.1, -0.05) is 72.5 Å². The topological polar surface area (TPSA) is 52.3 Å². The monoisotopic (exact) mass is 947 g/mol. The zero-order valence-corrected chi connectivity index (χ0v) is 44.5. The molecule has 4 heterocycles. The van der Waals surface area contributed by atoms with Gasteiger partial charge >= 0.3 is 29.6 Å². The number of aromatic nitrogens is 2. The Labute approximate surface area is 437 Å². The van der Waals surface area contributed by atoms with E-state index in [0.29, 0.717) is 18.8 Å². The standard InChI is InChI=1S/C29H37N3O.C15H22ClN.C14H16N2O.Na.H/c1-4-16-30(2)23-27-20-26-21-28(12-13-29(26)31(27)3)33-19-8-11-24-14-17-32(18-15-24)22-25-9-6-5-7-10-25;16-10-4-7-14-8-11-17(12-9-14)13-15-5-2-1-3-6-15;1-4-7-15(2)10-12-8-11-9-13(17)5-6-14(11)16(12)3;;/h1,5-7,9-10,12-13,20-21,24H,8,11,14-19,22-23H2,2-3H3;1-3,5-6,14H,4,7-13H2;1,5-6,8-9,17H,7,10H2,2-3H3;;/q;;;+1;-1. The van der Waals surface area contributed by atoms with Crippen LogP contribution in [-0.2, 0) is 40.3 Å². The quantitative estimate of drug-likeness (QED) is 0.0406. The number of hydrogen-bond acceptors (Lipinski definition) is 6. The summed E-state index contributed by atoms with van der Waals surface area (Å²) in [6.45, 7) is 10.8. The minimum Gasteiger partial charge on any atom is -1.00 e. The smallest absolute Gasteiger partial charge is 1.00 e. The van der Waals surface area contributed by atoms with Gasteiger partial charge in [-0.05, 0) is 163 Å². The fourth-order valence-electron chi connectivity index (χ4n) is 9.63. The molecule has 0 bridgehead atoms. The van der Waals surface area contributed by atoms with Gasteiger partial charge in [0.15, 0.2) is 0 Å². The van der Waals surface area contributed by atoms with Gasteiger partial charge < -0.3 is 20.4 Å². The molecule has 0 saturated carbocycles. The molecule has 2 saturated heterocycles. The minimum absolute atomic E-state index is 0. The molecule has 0 radical (unpaired) electrons. The molecular formula is C58H76ClN6NaO2. The van der Waals surface area contributed by atoms with Crippen molar-refractivity contribution in [1.29, 1.82) is 0 Å². The third-order valence-corrected chi connectivity index (χ3v) is 13.8. The largest absolute Gasteiger partial charge is 1.00 e. The number of hydrogen-bond donors (Lipinski definition) is 1. The summed E-state index contributed by atoms with van der Waals surface area (Å²) in [5, 5.41) is 11.7. The van der Waals surface area contributed by atoms with Crippen molar-refractivity contribution in [3.63, 3.8) is 0 Å². The Hall–Kier alpha value is -4.19. The Morgan fingerprint density at radius 1 is 0.647 bits per heavy atom. The molecule has 1 N–H and O–H groups in total. The summed E-state index contributed by atoms with van der Waals surface area (Å²) >= 11 is 5.75. The van der Waals surface area contributed by atoms with Gasteiger partial charge in [0, 0.05) is 79.3 Å². The van der Waals surface area contributed by atoms with Crippen LogP contribution in [0.1, 0.15) is 75.3 Å². The molecule has 2 fully saturated rings. The van der Waals surface area contributed by atoms with Crippen LogP contribution in [0.15, 0.2) is 109 Å². The molecule has 358 valence electrons. The van der Waals surface area contributed by atoms with Crippen molar-refractivity contribution in [2.24, 2.45) is 25.9 Å². The number of terminal acetylenes is 2. The average molecular weight is 948 g/mol. The van der Waals surface area contributed by atoms with Crippen molar-refractivity contribution in [1.82, 2.24) is 28.7 Å². The zero-order valence-electron chi connectivity index (χ0n) is 42.8. The van der Waals surface area contributed by atoms with Crippen LogP contribution in [0.25, 0.3) is 21.8 Å². The van der Waals surface area contributed by atoms with Crippen LogP contribution in [0.2, 0.25) is 0 Å². The van der Waals surface area contributed by atoms with Crippen LogP contribution in [0.5, 0.6) is 11.5 Å². The maximum Gasteiger partial charge on any atom is 1.00 e. The summed E-state index contributed by atoms with van der Waals surface area (Å²) in [6.07, 6.45) is 20.9. The number of benzene rings is 4. The molecule has 10 heteroatoms. The van der Waals surface area contributed by atoms with E-state index in [0.717, 1.165) is 73.6 Å². The molecule has 6 aromatic rings. The second-order valence-corrected chi connectivity index (χ2v) is 19.2. The predicted molar refractivity (Wildman–Crippen MR) is 283 cm³/mol. The molecule has 68 heavy (non-hydrogen) atoms. The number of fused-ring (bicyclic) bond motifs is 2. The van der Waals surface area contributed by atoms with Gasteiger partial charge in [0.05, 0.1) is 19.7 Å². The number of piperidine rings is 2. The minimum atomic E-state index is 0. The summed E-state index contributed by atoms with van der Waals surface area (Å²) in [5.74, 6) is 9.17. The number of likely N-dealkylation sites (tertiary alicyclic amines) is 2. The van der Waals surface area contributed by atoms with Gasteiger partial charge in [-0.15, -0.1) is 24.4 Å². The van der Waals surface area contributed by atoms with Gasteiger partial charge in [0.25, 0.3) is 0 Å². The molecule has 0 aliphatic carbocycles. The molecule has 8 rings (SSSR count). The average Bonchev–Trinajstić information content (AvgIpc) is 3.81. The summed E-state index contributed by atoms with van der Waals surface area (Å²) < 4.78 is 10.5. The van der Waals surface area contributed by atoms with E-state index in [-0.39, 0.29) is 31.0 Å². The van der Waals surface area contributed by atoms with E-state index in [4.69, 9.17) is 29.2 Å². The molecule has 2 aromatic heterocycles. The van der Waals surface area contributed by atoms with E-state index in [1.165, 1.54) is 105 Å². The van der Waals surface area contributed by atoms with Gasteiger partial charge in [0.1, 0.15) is 11.5 Å². The van der Waals surface area contributed by atoms with Crippen LogP contribution in [-0.4, -0.2) is 99.7 Å². The van der Waals surface area contributed by atoms with E-state index in [9.17, 15) is 5.11 Å². The van der Waals surface area contributed by atoms with E-state index in [2.05, 4.69) is 146 Å². The number of nitrogens with zero attached hydrogens (tertiary/aromatic N) is 6. The van der Waals surface area contributed by atoms with Crippen LogP contribution >= 0.6 is 11.6 Å². The molecule has 8 nitrogen and oxygen atoms in total. The predicted octanol–water partition coefficient (Wildman–Crippen LogP) is 8.30. The molecule has 2 aliphatic rings. The number of rotatable bonds is 18. The number of alkyl halides is 1. The van der Waals surface area contributed by atoms with Crippen LogP contribution in [0.3, 0.4) is 0 Å². The summed E-state index contributed by atoms with van der Waals surface area (Å²) in [4.78, 5) is 9.40. The second kappa shape index (κ2) is 29.1. The molecule has 0 unspecified atom stereocenters. The van der Waals surface area contributed by atoms with E-state index in [1.54, 1.807) is 12.1 Å². The summed E-state index contributed by atoms with van der Waals surface area (Å²) in [6, 6.07) is 37.8. The van der Waals surface area contributed by atoms with E-state index >= 15 is 0 Å². The second-order valence-electron chi connectivity index (χ2n) is 18.8. The van der Waals surface area contributed by atoms with Gasteiger partial charge in [-0.2, -0.15) is 0 Å². The third-order valence-electron chi connectivity index (χ3n) is 13.5. The summed E-state index contributed by atoms with van der Waals surface area (Å²) in [5.41, 5.74) is 7.65. The first-order valence-corrected chi connectivity index (χ1v) is 25.0. The van der Waals surface area contributed by atoms with Crippen LogP contribution < -0.4 is 34.3 Å². The van der Waals surface area contributed by atoms with Crippen molar-refractivity contribution in [2.45, 2.75) is 77.5 Å². The number of phenols is 1. The first kappa shape index (κ1) is 54.7. The molecular weight excluding hydrogens is 871 g/mol. The molecule has 2 aliphatic heterocycles. The van der Waals surface area contributed by atoms with Gasteiger partial charge in [-0.25, -0.2) is 0 Å². The molecule has 0 amide bonds. The molecule has 0 spiro atoms. The molecule has 4 aromatic carbocycles. The number of phenolic OH excluding ortho intramolecular Hbond substituents is 1. The zero-order chi connectivity index (χ0) is 47.4. The number of aromatic hydroxyl groups is 1. The van der Waals surface area contributed by atoms with E-state index in [1.807, 2.05) is 20.2 Å². The maximum atomic E-state index is 9.45.